The first kappa shape index (κ1) is 7.84. The molecule has 1 aliphatic heterocycles. The maximum absolute atomic E-state index is 5.97. The third kappa shape index (κ3) is 1.26. The third-order valence-electron chi connectivity index (χ3n) is 1.97. The van der Waals surface area contributed by atoms with Crippen LogP contribution in [-0.2, 0) is 4.74 Å². The average Bonchev–Trinajstić information content (AvgIpc) is 2.84. The fourth-order valence-electron chi connectivity index (χ4n) is 1.26. The second kappa shape index (κ2) is 2.92. The van der Waals surface area contributed by atoms with Crippen LogP contribution in [0.4, 0.5) is 0 Å². The van der Waals surface area contributed by atoms with Crippen LogP contribution in [0.15, 0.2) is 36.9 Å². The molecule has 0 saturated carbocycles. The molecule has 1 heterocycles. The van der Waals surface area contributed by atoms with Crippen LogP contribution in [0.25, 0.3) is 0 Å². The summed E-state index contributed by atoms with van der Waals surface area (Å²) in [5, 5.41) is 0.770. The van der Waals surface area contributed by atoms with E-state index in [4.69, 9.17) is 16.3 Å². The number of ether oxygens (including phenoxy) is 1. The van der Waals surface area contributed by atoms with Crippen LogP contribution in [0.1, 0.15) is 11.7 Å². The number of halogens is 1. The molecule has 0 spiro atoms. The van der Waals surface area contributed by atoms with Gasteiger partial charge in [0.25, 0.3) is 0 Å². The number of rotatable bonds is 2. The molecule has 1 aromatic rings. The molecule has 0 aromatic heterocycles. The Morgan fingerprint density at radius 1 is 1.42 bits per heavy atom. The zero-order chi connectivity index (χ0) is 8.55. The molecule has 1 aliphatic rings. The normalized spacial score (nSPS) is 26.8. The SMILES string of the molecule is C=C[C@H]1O[C@H]1c1ccccc1Cl. The van der Waals surface area contributed by atoms with Crippen molar-refractivity contribution < 1.29 is 4.74 Å². The molecule has 0 N–H and O–H groups in total. The van der Waals surface area contributed by atoms with Crippen molar-refractivity contribution in [1.29, 1.82) is 0 Å². The molecule has 1 fully saturated rings. The van der Waals surface area contributed by atoms with Gasteiger partial charge in [0.15, 0.2) is 0 Å². The van der Waals surface area contributed by atoms with E-state index in [1.54, 1.807) is 6.08 Å². The summed E-state index contributed by atoms with van der Waals surface area (Å²) in [6, 6.07) is 7.73. The number of hydrogen-bond donors (Lipinski definition) is 0. The maximum atomic E-state index is 5.97. The molecule has 1 aromatic carbocycles. The van der Waals surface area contributed by atoms with E-state index in [2.05, 4.69) is 6.58 Å². The molecule has 0 bridgehead atoms. The van der Waals surface area contributed by atoms with Crippen molar-refractivity contribution in [3.63, 3.8) is 0 Å². The Kier molecular flexibility index (Phi) is 1.91. The predicted molar refractivity (Wildman–Crippen MR) is 49.3 cm³/mol. The Hall–Kier alpha value is -0.790. The van der Waals surface area contributed by atoms with Crippen molar-refractivity contribution in [3.05, 3.63) is 47.5 Å². The summed E-state index contributed by atoms with van der Waals surface area (Å²) >= 11 is 5.97. The Morgan fingerprint density at radius 3 is 2.75 bits per heavy atom. The van der Waals surface area contributed by atoms with Gasteiger partial charge in [0, 0.05) is 10.6 Å². The second-order valence-electron chi connectivity index (χ2n) is 2.78. The Balaban J connectivity index is 2.25. The molecule has 1 nitrogen and oxygen atoms in total. The van der Waals surface area contributed by atoms with E-state index in [0.717, 1.165) is 10.6 Å². The van der Waals surface area contributed by atoms with Crippen molar-refractivity contribution in [3.8, 4) is 0 Å². The van der Waals surface area contributed by atoms with Gasteiger partial charge in [0.1, 0.15) is 12.2 Å². The molecule has 2 atom stereocenters. The molecule has 0 amide bonds. The van der Waals surface area contributed by atoms with E-state index in [0.29, 0.717) is 0 Å². The van der Waals surface area contributed by atoms with Crippen LogP contribution in [0.3, 0.4) is 0 Å². The largest absolute Gasteiger partial charge is 0.360 e. The smallest absolute Gasteiger partial charge is 0.115 e. The van der Waals surface area contributed by atoms with Crippen LogP contribution >= 0.6 is 11.6 Å². The van der Waals surface area contributed by atoms with Crippen molar-refractivity contribution in [1.82, 2.24) is 0 Å². The van der Waals surface area contributed by atoms with Gasteiger partial charge in [-0.15, -0.1) is 6.58 Å². The van der Waals surface area contributed by atoms with E-state index in [1.165, 1.54) is 0 Å². The van der Waals surface area contributed by atoms with Gasteiger partial charge < -0.3 is 4.74 Å². The molecule has 2 rings (SSSR count). The molecule has 62 valence electrons. The first-order chi connectivity index (χ1) is 5.83. The van der Waals surface area contributed by atoms with Crippen LogP contribution in [-0.4, -0.2) is 6.10 Å². The minimum absolute atomic E-state index is 0.135. The second-order valence-corrected chi connectivity index (χ2v) is 3.19. The molecule has 0 aliphatic carbocycles. The van der Waals surface area contributed by atoms with Gasteiger partial charge in [0.05, 0.1) is 0 Å². The zero-order valence-corrected chi connectivity index (χ0v) is 7.29. The molecule has 2 heteroatoms. The minimum Gasteiger partial charge on any atom is -0.360 e. The summed E-state index contributed by atoms with van der Waals surface area (Å²) < 4.78 is 5.33. The Bertz CT molecular complexity index is 308. The van der Waals surface area contributed by atoms with Gasteiger partial charge in [-0.2, -0.15) is 0 Å². The van der Waals surface area contributed by atoms with Crippen molar-refractivity contribution in [2.24, 2.45) is 0 Å². The maximum Gasteiger partial charge on any atom is 0.115 e. The summed E-state index contributed by atoms with van der Waals surface area (Å²) in [4.78, 5) is 0. The number of benzene rings is 1. The zero-order valence-electron chi connectivity index (χ0n) is 6.53. The van der Waals surface area contributed by atoms with Crippen molar-refractivity contribution >= 4 is 11.6 Å². The lowest BCUT2D eigenvalue weighted by Gasteiger charge is -1.97. The first-order valence-corrected chi connectivity index (χ1v) is 4.23. The van der Waals surface area contributed by atoms with E-state index in [9.17, 15) is 0 Å². The highest BCUT2D eigenvalue weighted by Gasteiger charge is 2.38. The van der Waals surface area contributed by atoms with Crippen molar-refractivity contribution in [2.45, 2.75) is 12.2 Å². The highest BCUT2D eigenvalue weighted by Crippen LogP contribution is 2.41. The highest BCUT2D eigenvalue weighted by molar-refractivity contribution is 6.31. The van der Waals surface area contributed by atoms with Crippen LogP contribution < -0.4 is 0 Å². The van der Waals surface area contributed by atoms with Gasteiger partial charge in [0.2, 0.25) is 0 Å². The highest BCUT2D eigenvalue weighted by atomic mass is 35.5. The molecule has 0 radical (unpaired) electrons. The Morgan fingerprint density at radius 2 is 2.17 bits per heavy atom. The topological polar surface area (TPSA) is 12.5 Å². The lowest BCUT2D eigenvalue weighted by molar-refractivity contribution is 0.394. The molecular weight excluding hydrogens is 172 g/mol. The first-order valence-electron chi connectivity index (χ1n) is 3.85. The number of epoxide rings is 1. The average molecular weight is 181 g/mol. The monoisotopic (exact) mass is 180 g/mol. The van der Waals surface area contributed by atoms with Gasteiger partial charge in [-0.25, -0.2) is 0 Å². The molecule has 0 unspecified atom stereocenters. The van der Waals surface area contributed by atoms with Gasteiger partial charge >= 0.3 is 0 Å². The summed E-state index contributed by atoms with van der Waals surface area (Å²) in [7, 11) is 0. The van der Waals surface area contributed by atoms with Crippen LogP contribution in [0.2, 0.25) is 5.02 Å². The Labute approximate surface area is 76.6 Å². The van der Waals surface area contributed by atoms with Gasteiger partial charge in [-0.1, -0.05) is 35.9 Å². The fourth-order valence-corrected chi connectivity index (χ4v) is 1.50. The van der Waals surface area contributed by atoms with Crippen molar-refractivity contribution in [2.75, 3.05) is 0 Å². The van der Waals surface area contributed by atoms with Crippen LogP contribution in [0, 0.1) is 0 Å². The van der Waals surface area contributed by atoms with Gasteiger partial charge in [-0.3, -0.25) is 0 Å². The summed E-state index contributed by atoms with van der Waals surface area (Å²) in [6.45, 7) is 3.66. The summed E-state index contributed by atoms with van der Waals surface area (Å²) in [5.74, 6) is 0. The molecule has 12 heavy (non-hydrogen) atoms. The third-order valence-corrected chi connectivity index (χ3v) is 2.31. The van der Waals surface area contributed by atoms with Gasteiger partial charge in [-0.05, 0) is 6.07 Å². The summed E-state index contributed by atoms with van der Waals surface area (Å²) in [6.07, 6.45) is 2.09. The van der Waals surface area contributed by atoms with E-state index >= 15 is 0 Å². The lowest BCUT2D eigenvalue weighted by atomic mass is 10.1. The van der Waals surface area contributed by atoms with E-state index in [1.807, 2.05) is 24.3 Å². The number of hydrogen-bond acceptors (Lipinski definition) is 1. The fraction of sp³-hybridized carbons (Fsp3) is 0.200. The minimum atomic E-state index is 0.135. The van der Waals surface area contributed by atoms with E-state index < -0.39 is 0 Å². The molecular formula is C10H9ClO. The standard InChI is InChI=1S/C10H9ClO/c1-2-9-10(12-9)7-5-3-4-6-8(7)11/h2-6,9-10H,1H2/t9-,10+/m1/s1. The van der Waals surface area contributed by atoms with E-state index in [-0.39, 0.29) is 12.2 Å². The molecule has 1 saturated heterocycles. The van der Waals surface area contributed by atoms with Crippen LogP contribution in [0.5, 0.6) is 0 Å². The lowest BCUT2D eigenvalue weighted by Crippen LogP contribution is -1.84. The quantitative estimate of drug-likeness (QED) is 0.504. The summed E-state index contributed by atoms with van der Waals surface area (Å²) in [5.41, 5.74) is 1.06. The predicted octanol–water partition coefficient (Wildman–Crippen LogP) is 2.97.